The molecule has 2 amide bonds. The van der Waals surface area contributed by atoms with E-state index in [9.17, 15) is 9.59 Å². The quantitative estimate of drug-likeness (QED) is 0.763. The number of carbonyl (C=O) groups excluding carboxylic acids is 2. The Bertz CT molecular complexity index is 880. The summed E-state index contributed by atoms with van der Waals surface area (Å²) in [6.45, 7) is 2.45. The third-order valence-corrected chi connectivity index (χ3v) is 5.97. The molecular formula is C22H24BrN3O2. The van der Waals surface area contributed by atoms with Crippen molar-refractivity contribution in [1.82, 2.24) is 0 Å². The Labute approximate surface area is 173 Å². The highest BCUT2D eigenvalue weighted by Gasteiger charge is 2.35. The summed E-state index contributed by atoms with van der Waals surface area (Å²) in [6.07, 6.45) is 3.87. The molecular weight excluding hydrogens is 418 g/mol. The van der Waals surface area contributed by atoms with Crippen LogP contribution in [-0.4, -0.2) is 31.4 Å². The summed E-state index contributed by atoms with van der Waals surface area (Å²) in [4.78, 5) is 29.5. The van der Waals surface area contributed by atoms with E-state index in [4.69, 9.17) is 0 Å². The molecule has 2 heterocycles. The normalized spacial score (nSPS) is 19.8. The van der Waals surface area contributed by atoms with Gasteiger partial charge >= 0.3 is 0 Å². The number of nitrogens with zero attached hydrogens (tertiary/aromatic N) is 2. The van der Waals surface area contributed by atoms with Crippen LogP contribution in [0.15, 0.2) is 53.0 Å². The number of halogens is 1. The van der Waals surface area contributed by atoms with E-state index in [0.29, 0.717) is 6.54 Å². The summed E-state index contributed by atoms with van der Waals surface area (Å²) < 4.78 is 0.918. The molecule has 5 nitrogen and oxygen atoms in total. The van der Waals surface area contributed by atoms with Crippen LogP contribution in [0.2, 0.25) is 0 Å². The molecule has 28 heavy (non-hydrogen) atoms. The van der Waals surface area contributed by atoms with Gasteiger partial charge in [-0.15, -0.1) is 0 Å². The number of nitrogens with one attached hydrogen (secondary N) is 1. The van der Waals surface area contributed by atoms with Crippen LogP contribution in [0.25, 0.3) is 0 Å². The first-order valence-electron chi connectivity index (χ1n) is 9.82. The molecule has 4 rings (SSSR count). The van der Waals surface area contributed by atoms with Crippen LogP contribution >= 0.6 is 15.9 Å². The topological polar surface area (TPSA) is 52.7 Å². The maximum atomic E-state index is 12.9. The van der Waals surface area contributed by atoms with E-state index in [-0.39, 0.29) is 24.2 Å². The van der Waals surface area contributed by atoms with Crippen molar-refractivity contribution in [2.75, 3.05) is 34.8 Å². The summed E-state index contributed by atoms with van der Waals surface area (Å²) in [6, 6.07) is 15.6. The predicted molar refractivity (Wildman–Crippen MR) is 116 cm³/mol. The standard InChI is InChI=1S/C22H24BrN3O2/c23-17-7-6-8-18(14-17)26-15-16(13-21(26)27)22(28)24-19-9-2-3-10-20(19)25-11-4-1-5-12-25/h2-3,6-10,14,16H,1,4-5,11-13,15H2,(H,24,28). The zero-order chi connectivity index (χ0) is 19.5. The van der Waals surface area contributed by atoms with E-state index in [0.717, 1.165) is 34.6 Å². The number of hydrogen-bond donors (Lipinski definition) is 1. The van der Waals surface area contributed by atoms with Crippen LogP contribution in [0.3, 0.4) is 0 Å². The Morgan fingerprint density at radius 3 is 2.61 bits per heavy atom. The first-order valence-corrected chi connectivity index (χ1v) is 10.6. The summed E-state index contributed by atoms with van der Waals surface area (Å²) in [7, 11) is 0. The summed E-state index contributed by atoms with van der Waals surface area (Å²) in [5.74, 6) is -0.446. The van der Waals surface area contributed by atoms with Crippen LogP contribution in [0.5, 0.6) is 0 Å². The lowest BCUT2D eigenvalue weighted by Gasteiger charge is -2.30. The lowest BCUT2D eigenvalue weighted by atomic mass is 10.1. The van der Waals surface area contributed by atoms with Gasteiger partial charge in [0.05, 0.1) is 17.3 Å². The number of anilines is 3. The Morgan fingerprint density at radius 1 is 1.04 bits per heavy atom. The monoisotopic (exact) mass is 441 g/mol. The number of amides is 2. The van der Waals surface area contributed by atoms with Gasteiger partial charge in [0.1, 0.15) is 0 Å². The maximum Gasteiger partial charge on any atom is 0.229 e. The van der Waals surface area contributed by atoms with E-state index in [1.165, 1.54) is 19.3 Å². The van der Waals surface area contributed by atoms with Gasteiger partial charge in [-0.1, -0.05) is 34.1 Å². The van der Waals surface area contributed by atoms with Gasteiger partial charge in [-0.05, 0) is 49.6 Å². The van der Waals surface area contributed by atoms with Crippen molar-refractivity contribution in [3.8, 4) is 0 Å². The third-order valence-electron chi connectivity index (χ3n) is 5.47. The average Bonchev–Trinajstić information content (AvgIpc) is 3.11. The predicted octanol–water partition coefficient (Wildman–Crippen LogP) is 4.43. The molecule has 0 spiro atoms. The molecule has 2 aliphatic rings. The fourth-order valence-electron chi connectivity index (χ4n) is 4.00. The molecule has 1 N–H and O–H groups in total. The fraction of sp³-hybridized carbons (Fsp3) is 0.364. The molecule has 0 saturated carbocycles. The molecule has 0 aliphatic carbocycles. The minimum absolute atomic E-state index is 0.0115. The highest BCUT2D eigenvalue weighted by molar-refractivity contribution is 9.10. The van der Waals surface area contributed by atoms with Gasteiger partial charge in [0.15, 0.2) is 0 Å². The molecule has 2 aliphatic heterocycles. The number of carbonyl (C=O) groups is 2. The number of benzene rings is 2. The SMILES string of the molecule is O=C(Nc1ccccc1N1CCCCC1)C1CC(=O)N(c2cccc(Br)c2)C1. The van der Waals surface area contributed by atoms with E-state index < -0.39 is 0 Å². The highest BCUT2D eigenvalue weighted by atomic mass is 79.9. The van der Waals surface area contributed by atoms with Gasteiger partial charge in [-0.3, -0.25) is 9.59 Å². The van der Waals surface area contributed by atoms with E-state index in [1.54, 1.807) is 4.90 Å². The minimum Gasteiger partial charge on any atom is -0.370 e. The van der Waals surface area contributed by atoms with Crippen molar-refractivity contribution in [3.63, 3.8) is 0 Å². The molecule has 1 unspecified atom stereocenters. The Balaban J connectivity index is 1.47. The number of para-hydroxylation sites is 2. The molecule has 0 radical (unpaired) electrons. The number of rotatable bonds is 4. The van der Waals surface area contributed by atoms with Crippen molar-refractivity contribution in [3.05, 3.63) is 53.0 Å². The van der Waals surface area contributed by atoms with Crippen LogP contribution in [0, 0.1) is 5.92 Å². The van der Waals surface area contributed by atoms with Gasteiger partial charge in [0, 0.05) is 36.2 Å². The molecule has 2 aromatic rings. The fourth-order valence-corrected chi connectivity index (χ4v) is 4.39. The zero-order valence-electron chi connectivity index (χ0n) is 15.7. The van der Waals surface area contributed by atoms with Gasteiger partial charge in [-0.25, -0.2) is 0 Å². The maximum absolute atomic E-state index is 12.9. The second kappa shape index (κ2) is 8.35. The van der Waals surface area contributed by atoms with Gasteiger partial charge in [-0.2, -0.15) is 0 Å². The average molecular weight is 442 g/mol. The van der Waals surface area contributed by atoms with Crippen molar-refractivity contribution in [2.24, 2.45) is 5.92 Å². The minimum atomic E-state index is -0.346. The van der Waals surface area contributed by atoms with Crippen LogP contribution in [0.1, 0.15) is 25.7 Å². The Hall–Kier alpha value is -2.34. The van der Waals surface area contributed by atoms with Crippen molar-refractivity contribution < 1.29 is 9.59 Å². The lowest BCUT2D eigenvalue weighted by Crippen LogP contribution is -2.31. The van der Waals surface area contributed by atoms with Gasteiger partial charge < -0.3 is 15.1 Å². The molecule has 2 fully saturated rings. The van der Waals surface area contributed by atoms with Crippen molar-refractivity contribution in [2.45, 2.75) is 25.7 Å². The van der Waals surface area contributed by atoms with Crippen LogP contribution in [-0.2, 0) is 9.59 Å². The van der Waals surface area contributed by atoms with E-state index in [2.05, 4.69) is 32.2 Å². The summed E-state index contributed by atoms with van der Waals surface area (Å²) in [5, 5.41) is 3.08. The second-order valence-corrected chi connectivity index (χ2v) is 8.36. The zero-order valence-corrected chi connectivity index (χ0v) is 17.3. The smallest absolute Gasteiger partial charge is 0.229 e. The first-order chi connectivity index (χ1) is 13.6. The molecule has 1 atom stereocenters. The summed E-state index contributed by atoms with van der Waals surface area (Å²) in [5.41, 5.74) is 2.73. The van der Waals surface area contributed by atoms with E-state index >= 15 is 0 Å². The van der Waals surface area contributed by atoms with Crippen LogP contribution in [0.4, 0.5) is 17.1 Å². The van der Waals surface area contributed by atoms with Gasteiger partial charge in [0.2, 0.25) is 11.8 Å². The third kappa shape index (κ3) is 4.07. The Kier molecular flexibility index (Phi) is 5.67. The van der Waals surface area contributed by atoms with Crippen LogP contribution < -0.4 is 15.1 Å². The van der Waals surface area contributed by atoms with E-state index in [1.807, 2.05) is 42.5 Å². The van der Waals surface area contributed by atoms with Crippen molar-refractivity contribution in [1.29, 1.82) is 0 Å². The lowest BCUT2D eigenvalue weighted by molar-refractivity contribution is -0.122. The first kappa shape index (κ1) is 19.0. The molecule has 2 saturated heterocycles. The Morgan fingerprint density at radius 2 is 1.82 bits per heavy atom. The van der Waals surface area contributed by atoms with Crippen molar-refractivity contribution >= 4 is 44.8 Å². The summed E-state index contributed by atoms with van der Waals surface area (Å²) >= 11 is 3.44. The highest BCUT2D eigenvalue weighted by Crippen LogP contribution is 2.31. The molecule has 2 aromatic carbocycles. The number of hydrogen-bond acceptors (Lipinski definition) is 3. The molecule has 0 aromatic heterocycles. The second-order valence-electron chi connectivity index (χ2n) is 7.44. The molecule has 6 heteroatoms. The largest absolute Gasteiger partial charge is 0.370 e. The molecule has 146 valence electrons. The number of piperidine rings is 1. The molecule has 0 bridgehead atoms. The van der Waals surface area contributed by atoms with Gasteiger partial charge in [0.25, 0.3) is 0 Å².